The summed E-state index contributed by atoms with van der Waals surface area (Å²) in [5, 5.41) is 3.34. The number of rotatable bonds is 8. The largest absolute Gasteiger partial charge is 0.351 e. The number of carbonyl (C=O) groups is 1. The standard InChI is InChI=1S/C21H28ClN3O3S/c1-21(2,15-24(3)4)14-23-20(26)16-8-6-11-19(12-16)29(27,28)25(5)18-10-7-9-17(22)13-18/h6-13H,14-15H2,1-5H3,(H,23,26). The lowest BCUT2D eigenvalue weighted by atomic mass is 9.93. The van der Waals surface area contributed by atoms with Crippen LogP contribution in [-0.2, 0) is 10.0 Å². The number of halogens is 1. The van der Waals surface area contributed by atoms with Gasteiger partial charge in [-0.2, -0.15) is 0 Å². The Labute approximate surface area is 178 Å². The molecule has 2 aromatic carbocycles. The van der Waals surface area contributed by atoms with Crippen LogP contribution in [0, 0.1) is 5.41 Å². The van der Waals surface area contributed by atoms with Gasteiger partial charge in [0.05, 0.1) is 10.6 Å². The van der Waals surface area contributed by atoms with E-state index in [1.54, 1.807) is 36.4 Å². The fourth-order valence-corrected chi connectivity index (χ4v) is 4.52. The van der Waals surface area contributed by atoms with E-state index in [-0.39, 0.29) is 16.2 Å². The summed E-state index contributed by atoms with van der Waals surface area (Å²) in [4.78, 5) is 14.7. The average molecular weight is 438 g/mol. The zero-order valence-electron chi connectivity index (χ0n) is 17.4. The molecule has 0 aromatic heterocycles. The highest BCUT2D eigenvalue weighted by molar-refractivity contribution is 7.92. The highest BCUT2D eigenvalue weighted by Crippen LogP contribution is 2.25. The Morgan fingerprint density at radius 2 is 1.72 bits per heavy atom. The molecule has 8 heteroatoms. The first-order chi connectivity index (χ1) is 13.4. The second kappa shape index (κ2) is 9.15. The van der Waals surface area contributed by atoms with Crippen LogP contribution in [0.4, 0.5) is 5.69 Å². The molecule has 0 saturated carbocycles. The number of nitrogens with one attached hydrogen (secondary N) is 1. The van der Waals surface area contributed by atoms with Crippen LogP contribution >= 0.6 is 11.6 Å². The Morgan fingerprint density at radius 1 is 1.07 bits per heavy atom. The summed E-state index contributed by atoms with van der Waals surface area (Å²) in [5.41, 5.74) is 0.624. The zero-order chi connectivity index (χ0) is 21.8. The second-order valence-corrected chi connectivity index (χ2v) is 10.5. The molecule has 1 amide bonds. The molecule has 0 unspecified atom stereocenters. The number of anilines is 1. The smallest absolute Gasteiger partial charge is 0.264 e. The lowest BCUT2D eigenvalue weighted by molar-refractivity contribution is 0.0929. The van der Waals surface area contributed by atoms with Gasteiger partial charge in [0.25, 0.3) is 15.9 Å². The maximum atomic E-state index is 13.0. The summed E-state index contributed by atoms with van der Waals surface area (Å²) in [6.07, 6.45) is 0. The first-order valence-corrected chi connectivity index (χ1v) is 11.0. The van der Waals surface area contributed by atoms with Gasteiger partial charge in [0, 0.05) is 30.7 Å². The number of carbonyl (C=O) groups excluding carboxylic acids is 1. The van der Waals surface area contributed by atoms with Crippen molar-refractivity contribution in [3.63, 3.8) is 0 Å². The molecule has 0 radical (unpaired) electrons. The van der Waals surface area contributed by atoms with Gasteiger partial charge in [0.1, 0.15) is 0 Å². The highest BCUT2D eigenvalue weighted by atomic mass is 35.5. The second-order valence-electron chi connectivity index (χ2n) is 8.06. The summed E-state index contributed by atoms with van der Waals surface area (Å²) >= 11 is 5.98. The number of amides is 1. The van der Waals surface area contributed by atoms with Crippen molar-refractivity contribution < 1.29 is 13.2 Å². The molecule has 0 fully saturated rings. The molecule has 0 aliphatic carbocycles. The molecular formula is C21H28ClN3O3S. The van der Waals surface area contributed by atoms with Gasteiger partial charge in [0.15, 0.2) is 0 Å². The molecular weight excluding hydrogens is 410 g/mol. The van der Waals surface area contributed by atoms with E-state index in [2.05, 4.69) is 24.1 Å². The third-order valence-corrected chi connectivity index (χ3v) is 6.41. The molecule has 0 heterocycles. The van der Waals surface area contributed by atoms with Crippen LogP contribution in [0.3, 0.4) is 0 Å². The van der Waals surface area contributed by atoms with E-state index in [1.807, 2.05) is 14.1 Å². The van der Waals surface area contributed by atoms with Crippen LogP contribution < -0.4 is 9.62 Å². The lowest BCUT2D eigenvalue weighted by Crippen LogP contribution is -2.40. The van der Waals surface area contributed by atoms with E-state index in [0.29, 0.717) is 22.8 Å². The summed E-state index contributed by atoms with van der Waals surface area (Å²) < 4.78 is 27.2. The Bertz CT molecular complexity index is 975. The third-order valence-electron chi connectivity index (χ3n) is 4.40. The maximum Gasteiger partial charge on any atom is 0.264 e. The number of hydrogen-bond acceptors (Lipinski definition) is 4. The summed E-state index contributed by atoms with van der Waals surface area (Å²) in [7, 11) is 1.58. The minimum absolute atomic E-state index is 0.0418. The average Bonchev–Trinajstić information content (AvgIpc) is 2.64. The van der Waals surface area contributed by atoms with Crippen LogP contribution in [0.2, 0.25) is 5.02 Å². The van der Waals surface area contributed by atoms with E-state index in [1.165, 1.54) is 19.2 Å². The summed E-state index contributed by atoms with van der Waals surface area (Å²) in [6.45, 7) is 5.41. The van der Waals surface area contributed by atoms with Crippen LogP contribution in [0.15, 0.2) is 53.4 Å². The van der Waals surface area contributed by atoms with E-state index in [9.17, 15) is 13.2 Å². The van der Waals surface area contributed by atoms with Crippen LogP contribution in [0.25, 0.3) is 0 Å². The molecule has 158 valence electrons. The fraction of sp³-hybridized carbons (Fsp3) is 0.381. The Hall–Kier alpha value is -2.09. The molecule has 0 bridgehead atoms. The minimum Gasteiger partial charge on any atom is -0.351 e. The van der Waals surface area contributed by atoms with Crippen LogP contribution in [-0.4, -0.2) is 53.5 Å². The zero-order valence-corrected chi connectivity index (χ0v) is 19.0. The summed E-state index contributed by atoms with van der Waals surface area (Å²) in [5.74, 6) is -0.306. The van der Waals surface area contributed by atoms with E-state index < -0.39 is 10.0 Å². The highest BCUT2D eigenvalue weighted by Gasteiger charge is 2.24. The van der Waals surface area contributed by atoms with Crippen molar-refractivity contribution in [1.29, 1.82) is 0 Å². The van der Waals surface area contributed by atoms with Gasteiger partial charge in [-0.25, -0.2) is 8.42 Å². The summed E-state index contributed by atoms with van der Waals surface area (Å²) in [6, 6.07) is 12.6. The van der Waals surface area contributed by atoms with Crippen molar-refractivity contribution in [2.45, 2.75) is 18.7 Å². The first kappa shape index (κ1) is 23.2. The van der Waals surface area contributed by atoms with Gasteiger partial charge in [0.2, 0.25) is 0 Å². The van der Waals surface area contributed by atoms with Gasteiger partial charge in [-0.05, 0) is 55.9 Å². The maximum absolute atomic E-state index is 13.0. The minimum atomic E-state index is -3.84. The fourth-order valence-electron chi connectivity index (χ4n) is 3.10. The molecule has 0 saturated heterocycles. The van der Waals surface area contributed by atoms with Gasteiger partial charge >= 0.3 is 0 Å². The van der Waals surface area contributed by atoms with Gasteiger partial charge in [-0.15, -0.1) is 0 Å². The normalized spacial score (nSPS) is 12.1. The molecule has 0 aliphatic heterocycles. The monoisotopic (exact) mass is 437 g/mol. The predicted octanol–water partition coefficient (Wildman–Crippen LogP) is 3.48. The number of nitrogens with zero attached hydrogens (tertiary/aromatic N) is 2. The van der Waals surface area contributed by atoms with Crippen molar-refractivity contribution in [1.82, 2.24) is 10.2 Å². The van der Waals surface area contributed by atoms with Crippen LogP contribution in [0.1, 0.15) is 24.2 Å². The molecule has 0 spiro atoms. The van der Waals surface area contributed by atoms with Crippen molar-refractivity contribution in [2.75, 3.05) is 38.5 Å². The Kier molecular flexibility index (Phi) is 7.32. The van der Waals surface area contributed by atoms with Gasteiger partial charge in [-0.3, -0.25) is 9.10 Å². The molecule has 2 rings (SSSR count). The van der Waals surface area contributed by atoms with Crippen molar-refractivity contribution in [3.05, 3.63) is 59.1 Å². The molecule has 0 aliphatic rings. The predicted molar refractivity (Wildman–Crippen MR) is 118 cm³/mol. The number of hydrogen-bond donors (Lipinski definition) is 1. The molecule has 6 nitrogen and oxygen atoms in total. The van der Waals surface area contributed by atoms with Gasteiger partial charge in [-0.1, -0.05) is 37.6 Å². The van der Waals surface area contributed by atoms with E-state index in [0.717, 1.165) is 10.8 Å². The van der Waals surface area contributed by atoms with Crippen molar-refractivity contribution in [2.24, 2.45) is 5.41 Å². The number of benzene rings is 2. The van der Waals surface area contributed by atoms with E-state index in [4.69, 9.17) is 11.6 Å². The van der Waals surface area contributed by atoms with Crippen molar-refractivity contribution >= 4 is 33.2 Å². The first-order valence-electron chi connectivity index (χ1n) is 9.20. The van der Waals surface area contributed by atoms with E-state index >= 15 is 0 Å². The Balaban J connectivity index is 2.20. The Morgan fingerprint density at radius 3 is 2.34 bits per heavy atom. The van der Waals surface area contributed by atoms with Crippen molar-refractivity contribution in [3.8, 4) is 0 Å². The third kappa shape index (κ3) is 6.19. The van der Waals surface area contributed by atoms with Crippen LogP contribution in [0.5, 0.6) is 0 Å². The molecule has 1 N–H and O–H groups in total. The topological polar surface area (TPSA) is 69.7 Å². The SMILES string of the molecule is CN(C)CC(C)(C)CNC(=O)c1cccc(S(=O)(=O)N(C)c2cccc(Cl)c2)c1. The molecule has 0 atom stereocenters. The van der Waals surface area contributed by atoms with Gasteiger partial charge < -0.3 is 10.2 Å². The lowest BCUT2D eigenvalue weighted by Gasteiger charge is -2.28. The number of sulfonamides is 1. The molecule has 2 aromatic rings. The molecule has 29 heavy (non-hydrogen) atoms. The quantitative estimate of drug-likeness (QED) is 0.686.